The first-order valence-electron chi connectivity index (χ1n) is 7.77. The van der Waals surface area contributed by atoms with Gasteiger partial charge in [-0.15, -0.1) is 12.4 Å². The van der Waals surface area contributed by atoms with E-state index in [1.165, 1.54) is 0 Å². The number of hydrogen-bond donors (Lipinski definition) is 2. The van der Waals surface area contributed by atoms with Gasteiger partial charge in [0.15, 0.2) is 0 Å². The van der Waals surface area contributed by atoms with Gasteiger partial charge in [-0.25, -0.2) is 0 Å². The Kier molecular flexibility index (Phi) is 7.03. The topological polar surface area (TPSA) is 75.4 Å². The predicted octanol–water partition coefficient (Wildman–Crippen LogP) is 2.57. The zero-order chi connectivity index (χ0) is 16.3. The third kappa shape index (κ3) is 4.94. The number of benzene rings is 1. The van der Waals surface area contributed by atoms with Gasteiger partial charge >= 0.3 is 0 Å². The Bertz CT molecular complexity index is 575. The Labute approximate surface area is 144 Å². The molecule has 2 unspecified atom stereocenters. The van der Waals surface area contributed by atoms with Crippen LogP contribution in [-0.4, -0.2) is 36.9 Å². The first-order chi connectivity index (χ1) is 10.4. The van der Waals surface area contributed by atoms with Crippen molar-refractivity contribution in [1.82, 2.24) is 4.90 Å². The van der Waals surface area contributed by atoms with Crippen molar-refractivity contribution >= 4 is 29.9 Å². The first-order valence-corrected chi connectivity index (χ1v) is 7.77. The van der Waals surface area contributed by atoms with Gasteiger partial charge in [-0.2, -0.15) is 0 Å². The molecule has 0 aliphatic heterocycles. The molecule has 1 fully saturated rings. The summed E-state index contributed by atoms with van der Waals surface area (Å²) in [7, 11) is 3.45. The van der Waals surface area contributed by atoms with Crippen LogP contribution in [0.4, 0.5) is 5.69 Å². The van der Waals surface area contributed by atoms with Crippen molar-refractivity contribution in [3.63, 3.8) is 0 Å². The van der Waals surface area contributed by atoms with Gasteiger partial charge in [-0.05, 0) is 49.9 Å². The average Bonchev–Trinajstić information content (AvgIpc) is 2.46. The maximum Gasteiger partial charge on any atom is 0.253 e. The average molecular weight is 340 g/mol. The van der Waals surface area contributed by atoms with Crippen molar-refractivity contribution < 1.29 is 9.59 Å². The zero-order valence-corrected chi connectivity index (χ0v) is 14.8. The second-order valence-electron chi connectivity index (χ2n) is 6.34. The molecule has 23 heavy (non-hydrogen) atoms. The van der Waals surface area contributed by atoms with Crippen LogP contribution in [0.3, 0.4) is 0 Å². The van der Waals surface area contributed by atoms with Gasteiger partial charge in [0.05, 0.1) is 0 Å². The Morgan fingerprint density at radius 1 is 1.26 bits per heavy atom. The normalized spacial score (nSPS) is 20.3. The van der Waals surface area contributed by atoms with E-state index >= 15 is 0 Å². The summed E-state index contributed by atoms with van der Waals surface area (Å²) in [6.07, 6.45) is 3.66. The summed E-state index contributed by atoms with van der Waals surface area (Å²) in [5.74, 6) is -0.0120. The van der Waals surface area contributed by atoms with Crippen LogP contribution < -0.4 is 11.1 Å². The number of nitrogens with two attached hydrogens (primary N) is 1. The predicted molar refractivity (Wildman–Crippen MR) is 95.0 cm³/mol. The Hall–Kier alpha value is -1.59. The first kappa shape index (κ1) is 19.5. The molecule has 6 heteroatoms. The molecule has 2 atom stereocenters. The Morgan fingerprint density at radius 2 is 1.96 bits per heavy atom. The van der Waals surface area contributed by atoms with E-state index in [4.69, 9.17) is 5.73 Å². The summed E-state index contributed by atoms with van der Waals surface area (Å²) in [5.41, 5.74) is 8.19. The van der Waals surface area contributed by atoms with Gasteiger partial charge in [0, 0.05) is 37.3 Å². The number of anilines is 1. The fourth-order valence-electron chi connectivity index (χ4n) is 2.93. The van der Waals surface area contributed by atoms with Crippen molar-refractivity contribution in [2.24, 2.45) is 11.7 Å². The number of carbonyl (C=O) groups is 2. The van der Waals surface area contributed by atoms with Crippen LogP contribution in [0.15, 0.2) is 18.2 Å². The molecule has 5 nitrogen and oxygen atoms in total. The van der Waals surface area contributed by atoms with Crippen LogP contribution in [0.5, 0.6) is 0 Å². The summed E-state index contributed by atoms with van der Waals surface area (Å²) in [5, 5.41) is 2.95. The number of carbonyl (C=O) groups excluding carboxylic acids is 2. The van der Waals surface area contributed by atoms with Crippen LogP contribution in [0.25, 0.3) is 0 Å². The molecular formula is C17H26ClN3O2. The lowest BCUT2D eigenvalue weighted by Crippen LogP contribution is -2.34. The monoisotopic (exact) mass is 339 g/mol. The standard InChI is InChI=1S/C17H25N3O2.ClH/c1-11-9-14(7-8-15(11)17(22)20(2)3)19-16(21)12-5-4-6-13(18)10-12;/h7-9,12-13H,4-6,10,18H2,1-3H3,(H,19,21);1H. The molecule has 3 N–H and O–H groups in total. The summed E-state index contributed by atoms with van der Waals surface area (Å²) in [6.45, 7) is 1.88. The molecule has 1 aliphatic carbocycles. The number of rotatable bonds is 3. The van der Waals surface area contributed by atoms with Crippen molar-refractivity contribution in [2.75, 3.05) is 19.4 Å². The minimum Gasteiger partial charge on any atom is -0.345 e. The number of nitrogens with one attached hydrogen (secondary N) is 1. The summed E-state index contributed by atoms with van der Waals surface area (Å²) >= 11 is 0. The van der Waals surface area contributed by atoms with E-state index < -0.39 is 0 Å². The van der Waals surface area contributed by atoms with Crippen molar-refractivity contribution in [3.05, 3.63) is 29.3 Å². The van der Waals surface area contributed by atoms with Gasteiger partial charge in [0.25, 0.3) is 5.91 Å². The molecule has 2 rings (SSSR count). The lowest BCUT2D eigenvalue weighted by atomic mass is 9.85. The fraction of sp³-hybridized carbons (Fsp3) is 0.529. The second kappa shape index (κ2) is 8.31. The second-order valence-corrected chi connectivity index (χ2v) is 6.34. The zero-order valence-electron chi connectivity index (χ0n) is 14.0. The summed E-state index contributed by atoms with van der Waals surface area (Å²) in [4.78, 5) is 25.9. The summed E-state index contributed by atoms with van der Waals surface area (Å²) < 4.78 is 0. The largest absolute Gasteiger partial charge is 0.345 e. The van der Waals surface area contributed by atoms with Gasteiger partial charge in [-0.3, -0.25) is 9.59 Å². The number of nitrogens with zero attached hydrogens (tertiary/aromatic N) is 1. The van der Waals surface area contributed by atoms with Gasteiger partial charge in [0.1, 0.15) is 0 Å². The van der Waals surface area contributed by atoms with E-state index in [0.717, 1.165) is 36.9 Å². The van der Waals surface area contributed by atoms with Crippen molar-refractivity contribution in [1.29, 1.82) is 0 Å². The quantitative estimate of drug-likeness (QED) is 0.888. The van der Waals surface area contributed by atoms with E-state index in [9.17, 15) is 9.59 Å². The van der Waals surface area contributed by atoms with Crippen LogP contribution >= 0.6 is 12.4 Å². The molecule has 0 heterocycles. The maximum absolute atomic E-state index is 12.3. The highest BCUT2D eigenvalue weighted by Gasteiger charge is 2.25. The third-order valence-electron chi connectivity index (χ3n) is 4.22. The number of amides is 2. The highest BCUT2D eigenvalue weighted by atomic mass is 35.5. The maximum atomic E-state index is 12.3. The van der Waals surface area contributed by atoms with Crippen molar-refractivity contribution in [3.8, 4) is 0 Å². The molecule has 1 aromatic carbocycles. The SMILES string of the molecule is Cc1cc(NC(=O)C2CCCC(N)C2)ccc1C(=O)N(C)C.Cl. The Balaban J connectivity index is 0.00000264. The lowest BCUT2D eigenvalue weighted by Gasteiger charge is -2.25. The van der Waals surface area contributed by atoms with Gasteiger partial charge in [-0.1, -0.05) is 6.42 Å². The highest BCUT2D eigenvalue weighted by molar-refractivity contribution is 5.97. The van der Waals surface area contributed by atoms with Crippen LogP contribution in [0.1, 0.15) is 41.6 Å². The third-order valence-corrected chi connectivity index (χ3v) is 4.22. The molecule has 2 amide bonds. The molecule has 0 spiro atoms. The van der Waals surface area contributed by atoms with E-state index in [-0.39, 0.29) is 36.2 Å². The molecule has 1 aliphatic rings. The minimum atomic E-state index is -0.0337. The molecule has 0 bridgehead atoms. The Morgan fingerprint density at radius 3 is 2.52 bits per heavy atom. The molecule has 1 saturated carbocycles. The summed E-state index contributed by atoms with van der Waals surface area (Å²) in [6, 6.07) is 5.52. The lowest BCUT2D eigenvalue weighted by molar-refractivity contribution is -0.120. The molecule has 1 aromatic rings. The van der Waals surface area contributed by atoms with Crippen LogP contribution in [0.2, 0.25) is 0 Å². The smallest absolute Gasteiger partial charge is 0.253 e. The van der Waals surface area contributed by atoms with Gasteiger partial charge < -0.3 is 16.0 Å². The fourth-order valence-corrected chi connectivity index (χ4v) is 2.93. The molecule has 0 saturated heterocycles. The molecular weight excluding hydrogens is 314 g/mol. The van der Waals surface area contributed by atoms with E-state index in [0.29, 0.717) is 5.56 Å². The van der Waals surface area contributed by atoms with Crippen molar-refractivity contribution in [2.45, 2.75) is 38.6 Å². The number of hydrogen-bond acceptors (Lipinski definition) is 3. The molecule has 0 radical (unpaired) electrons. The minimum absolute atomic E-state index is 0. The van der Waals surface area contributed by atoms with E-state index in [1.54, 1.807) is 31.1 Å². The van der Waals surface area contributed by atoms with Crippen LogP contribution in [-0.2, 0) is 4.79 Å². The number of aryl methyl sites for hydroxylation is 1. The molecule has 128 valence electrons. The molecule has 0 aromatic heterocycles. The highest BCUT2D eigenvalue weighted by Crippen LogP contribution is 2.25. The van der Waals surface area contributed by atoms with E-state index in [1.807, 2.05) is 13.0 Å². The van der Waals surface area contributed by atoms with Gasteiger partial charge in [0.2, 0.25) is 5.91 Å². The van der Waals surface area contributed by atoms with E-state index in [2.05, 4.69) is 5.32 Å². The number of halogens is 1. The van der Waals surface area contributed by atoms with Crippen LogP contribution in [0, 0.1) is 12.8 Å².